The van der Waals surface area contributed by atoms with E-state index in [-0.39, 0.29) is 17.6 Å². The summed E-state index contributed by atoms with van der Waals surface area (Å²) in [6.07, 6.45) is 0.139. The molecule has 0 aromatic heterocycles. The third-order valence-corrected chi connectivity index (χ3v) is 4.60. The molecule has 0 fully saturated rings. The van der Waals surface area contributed by atoms with Crippen LogP contribution in [0.4, 0.5) is 0 Å². The van der Waals surface area contributed by atoms with Crippen LogP contribution in [0.2, 0.25) is 0 Å². The minimum atomic E-state index is -1.54. The van der Waals surface area contributed by atoms with Crippen molar-refractivity contribution in [3.63, 3.8) is 0 Å². The highest BCUT2D eigenvalue weighted by Crippen LogP contribution is 2.08. The topological polar surface area (TPSA) is 194 Å². The molecule has 0 spiro atoms. The number of hydrogen-bond acceptors (Lipinski definition) is 7. The number of carbonyl (C=O) groups is 5. The number of amides is 4. The van der Waals surface area contributed by atoms with Crippen LogP contribution >= 0.6 is 12.6 Å². The molecule has 8 N–H and O–H groups in total. The number of carboxylic acids is 1. The Kier molecular flexibility index (Phi) is 12.8. The van der Waals surface area contributed by atoms with Crippen molar-refractivity contribution in [1.82, 2.24) is 16.0 Å². The first kappa shape index (κ1) is 28.7. The summed E-state index contributed by atoms with van der Waals surface area (Å²) in [5.41, 5.74) is 10.9. The van der Waals surface area contributed by atoms with Gasteiger partial charge >= 0.3 is 5.97 Å². The van der Waals surface area contributed by atoms with E-state index in [1.54, 1.807) is 0 Å². The van der Waals surface area contributed by atoms with Crippen LogP contribution in [0.5, 0.6) is 0 Å². The summed E-state index contributed by atoms with van der Waals surface area (Å²) in [5.74, 6) is -4.20. The fourth-order valence-electron chi connectivity index (χ4n) is 2.74. The molecule has 0 aliphatic heterocycles. The van der Waals surface area contributed by atoms with Crippen molar-refractivity contribution in [2.75, 3.05) is 5.75 Å². The lowest BCUT2D eigenvalue weighted by atomic mass is 10.0. The van der Waals surface area contributed by atoms with Crippen LogP contribution in [0.15, 0.2) is 0 Å². The molecular weight excluding hydrogens is 426 g/mol. The molecule has 12 heteroatoms. The molecule has 0 rings (SSSR count). The van der Waals surface area contributed by atoms with Gasteiger partial charge in [-0.1, -0.05) is 27.7 Å². The Morgan fingerprint density at radius 2 is 1.26 bits per heavy atom. The molecule has 0 aliphatic carbocycles. The summed E-state index contributed by atoms with van der Waals surface area (Å²) < 4.78 is 0. The van der Waals surface area contributed by atoms with Crippen molar-refractivity contribution in [3.8, 4) is 0 Å². The summed E-state index contributed by atoms with van der Waals surface area (Å²) in [6.45, 7) is 7.57. The first-order valence-corrected chi connectivity index (χ1v) is 10.7. The predicted octanol–water partition coefficient (Wildman–Crippen LogP) is -1.25. The van der Waals surface area contributed by atoms with Gasteiger partial charge in [0.1, 0.15) is 18.1 Å². The molecule has 0 radical (unpaired) electrons. The maximum absolute atomic E-state index is 12.8. The number of nitrogens with two attached hydrogens (primary N) is 2. The number of nitrogens with one attached hydrogen (secondary N) is 3. The number of carboxylic acid groups (broad SMARTS) is 1. The van der Waals surface area contributed by atoms with Crippen molar-refractivity contribution in [3.05, 3.63) is 0 Å². The maximum Gasteiger partial charge on any atom is 0.326 e. The highest BCUT2D eigenvalue weighted by atomic mass is 32.1. The third-order valence-electron chi connectivity index (χ3n) is 4.24. The predicted molar refractivity (Wildman–Crippen MR) is 118 cm³/mol. The van der Waals surface area contributed by atoms with Crippen LogP contribution in [0.1, 0.15) is 47.0 Å². The summed E-state index contributed by atoms with van der Waals surface area (Å²) in [4.78, 5) is 59.7. The Morgan fingerprint density at radius 3 is 1.68 bits per heavy atom. The molecule has 0 aromatic rings. The van der Waals surface area contributed by atoms with Gasteiger partial charge in [0.15, 0.2) is 0 Å². The van der Waals surface area contributed by atoms with E-state index in [4.69, 9.17) is 16.6 Å². The maximum atomic E-state index is 12.8. The molecule has 0 saturated carbocycles. The van der Waals surface area contributed by atoms with Crippen LogP contribution in [0.25, 0.3) is 0 Å². The van der Waals surface area contributed by atoms with Crippen molar-refractivity contribution in [2.45, 2.75) is 71.1 Å². The fraction of sp³-hybridized carbons (Fsp3) is 0.737. The standard InChI is InChI=1S/C19H35N5O6S/c1-9(2)5-11(20)16(26)22-12(6-10(3)4)17(27)24-14(8-31)18(28)23-13(19(29)30)7-15(21)25/h9-14,31H,5-8,20H2,1-4H3,(H2,21,25)(H,22,26)(H,23,28)(H,24,27)(H,29,30). The quantitative estimate of drug-likeness (QED) is 0.157. The third kappa shape index (κ3) is 11.6. The Labute approximate surface area is 187 Å². The summed E-state index contributed by atoms with van der Waals surface area (Å²) >= 11 is 4.03. The molecule has 4 amide bonds. The van der Waals surface area contributed by atoms with E-state index in [1.807, 2.05) is 27.7 Å². The minimum Gasteiger partial charge on any atom is -0.480 e. The SMILES string of the molecule is CC(C)CC(N)C(=O)NC(CC(C)C)C(=O)NC(CS)C(=O)NC(CC(N)=O)C(=O)O. The lowest BCUT2D eigenvalue weighted by Crippen LogP contribution is -2.58. The zero-order chi connectivity index (χ0) is 24.3. The molecule has 0 bridgehead atoms. The lowest BCUT2D eigenvalue weighted by molar-refractivity contribution is -0.143. The molecule has 0 heterocycles. The molecule has 0 saturated heterocycles. The molecule has 0 aromatic carbocycles. The second kappa shape index (κ2) is 13.9. The average Bonchev–Trinajstić information content (AvgIpc) is 2.63. The number of rotatable bonds is 14. The van der Waals surface area contributed by atoms with Crippen molar-refractivity contribution < 1.29 is 29.1 Å². The summed E-state index contributed by atoms with van der Waals surface area (Å²) in [6, 6.07) is -4.45. The molecule has 31 heavy (non-hydrogen) atoms. The molecular formula is C19H35N5O6S. The van der Waals surface area contributed by atoms with Gasteiger partial charge in [0.25, 0.3) is 0 Å². The largest absolute Gasteiger partial charge is 0.480 e. The van der Waals surface area contributed by atoms with E-state index in [9.17, 15) is 24.0 Å². The van der Waals surface area contributed by atoms with Gasteiger partial charge < -0.3 is 32.5 Å². The first-order valence-electron chi connectivity index (χ1n) is 10.1. The molecule has 0 aliphatic rings. The highest BCUT2D eigenvalue weighted by Gasteiger charge is 2.30. The normalized spacial score (nSPS) is 15.0. The van der Waals surface area contributed by atoms with Gasteiger partial charge in [-0.25, -0.2) is 4.79 Å². The van der Waals surface area contributed by atoms with Crippen molar-refractivity contribution in [1.29, 1.82) is 0 Å². The van der Waals surface area contributed by atoms with E-state index in [0.717, 1.165) is 0 Å². The Balaban J connectivity index is 5.25. The number of primary amides is 1. The summed E-state index contributed by atoms with van der Waals surface area (Å²) in [7, 11) is 0. The van der Waals surface area contributed by atoms with Gasteiger partial charge in [-0.2, -0.15) is 12.6 Å². The molecule has 11 nitrogen and oxygen atoms in total. The number of carbonyl (C=O) groups excluding carboxylic acids is 4. The van der Waals surface area contributed by atoms with Crippen LogP contribution in [0.3, 0.4) is 0 Å². The second-order valence-corrected chi connectivity index (χ2v) is 8.61. The van der Waals surface area contributed by atoms with Crippen LogP contribution < -0.4 is 27.4 Å². The molecule has 4 atom stereocenters. The fourth-order valence-corrected chi connectivity index (χ4v) is 2.99. The van der Waals surface area contributed by atoms with E-state index >= 15 is 0 Å². The van der Waals surface area contributed by atoms with Gasteiger partial charge in [-0.3, -0.25) is 19.2 Å². The minimum absolute atomic E-state index is 0.0487. The van der Waals surface area contributed by atoms with Crippen molar-refractivity contribution in [2.24, 2.45) is 23.3 Å². The monoisotopic (exact) mass is 461 g/mol. The highest BCUT2D eigenvalue weighted by molar-refractivity contribution is 7.80. The van der Waals surface area contributed by atoms with Crippen molar-refractivity contribution >= 4 is 42.2 Å². The van der Waals surface area contributed by atoms with Gasteiger partial charge in [0.05, 0.1) is 12.5 Å². The van der Waals surface area contributed by atoms with Gasteiger partial charge in [-0.05, 0) is 24.7 Å². The second-order valence-electron chi connectivity index (χ2n) is 8.24. The van der Waals surface area contributed by atoms with Gasteiger partial charge in [0.2, 0.25) is 23.6 Å². The molecule has 178 valence electrons. The van der Waals surface area contributed by atoms with Crippen LogP contribution in [-0.4, -0.2) is 64.6 Å². The number of thiol groups is 1. The van der Waals surface area contributed by atoms with Gasteiger partial charge in [-0.15, -0.1) is 0 Å². The Bertz CT molecular complexity index is 658. The zero-order valence-electron chi connectivity index (χ0n) is 18.4. The summed E-state index contributed by atoms with van der Waals surface area (Å²) in [5, 5.41) is 16.4. The van der Waals surface area contributed by atoms with Gasteiger partial charge in [0, 0.05) is 5.75 Å². The number of aliphatic carboxylic acids is 1. The van der Waals surface area contributed by atoms with E-state index in [0.29, 0.717) is 12.8 Å². The number of hydrogen-bond donors (Lipinski definition) is 7. The average molecular weight is 462 g/mol. The Hall–Kier alpha value is -2.34. The van der Waals surface area contributed by atoms with E-state index in [2.05, 4.69) is 28.6 Å². The Morgan fingerprint density at radius 1 is 0.806 bits per heavy atom. The van der Waals surface area contributed by atoms with Crippen LogP contribution in [0, 0.1) is 11.8 Å². The molecule has 4 unspecified atom stereocenters. The zero-order valence-corrected chi connectivity index (χ0v) is 19.3. The van der Waals surface area contributed by atoms with E-state index < -0.39 is 60.2 Å². The first-order chi connectivity index (χ1) is 14.3. The van der Waals surface area contributed by atoms with Crippen LogP contribution in [-0.2, 0) is 24.0 Å². The van der Waals surface area contributed by atoms with E-state index in [1.165, 1.54) is 0 Å². The lowest BCUT2D eigenvalue weighted by Gasteiger charge is -2.25. The smallest absolute Gasteiger partial charge is 0.326 e.